The Hall–Kier alpha value is -3.90. The number of carbonyl (C=O) groups excluding carboxylic acids is 1. The van der Waals surface area contributed by atoms with Crippen LogP contribution in [-0.2, 0) is 16.6 Å². The summed E-state index contributed by atoms with van der Waals surface area (Å²) in [5.74, 6) is 2.44. The van der Waals surface area contributed by atoms with Gasteiger partial charge in [0.05, 0.1) is 13.4 Å². The molecule has 0 aliphatic carbocycles. The van der Waals surface area contributed by atoms with Gasteiger partial charge in [-0.2, -0.15) is 0 Å². The maximum atomic E-state index is 12.4. The third-order valence-corrected chi connectivity index (χ3v) is 5.41. The molecule has 0 saturated carbocycles. The molecule has 1 aliphatic heterocycles. The average Bonchev–Trinajstić information content (AvgIpc) is 3.13. The lowest BCUT2D eigenvalue weighted by atomic mass is 9.92. The van der Waals surface area contributed by atoms with Crippen LogP contribution in [0.5, 0.6) is 5.88 Å². The molecule has 1 aromatic carbocycles. The first kappa shape index (κ1) is 20.4. The van der Waals surface area contributed by atoms with Crippen molar-refractivity contribution in [2.45, 2.75) is 6.54 Å². The third-order valence-electron chi connectivity index (χ3n) is 4.82. The number of nitrogens with zero attached hydrogens (tertiary/aromatic N) is 2. The molecule has 2 aromatic heterocycles. The predicted octanol–water partition coefficient (Wildman–Crippen LogP) is 2.42. The van der Waals surface area contributed by atoms with E-state index in [1.807, 2.05) is 12.1 Å². The van der Waals surface area contributed by atoms with E-state index in [1.165, 1.54) is 7.11 Å². The summed E-state index contributed by atoms with van der Waals surface area (Å²) >= 11 is 0. The number of amides is 1. The molecule has 1 aliphatic rings. The molecular weight excluding hydrogens is 416 g/mol. The van der Waals surface area contributed by atoms with Gasteiger partial charge in [-0.15, -0.1) is 6.42 Å². The highest BCUT2D eigenvalue weighted by Crippen LogP contribution is 2.36. The van der Waals surface area contributed by atoms with Crippen molar-refractivity contribution in [2.75, 3.05) is 18.1 Å². The number of pyridine rings is 2. The number of carbonyl (C=O) groups is 1. The van der Waals surface area contributed by atoms with Crippen molar-refractivity contribution in [1.29, 1.82) is 0 Å². The van der Waals surface area contributed by atoms with E-state index in [9.17, 15) is 13.2 Å². The molecule has 2 N–H and O–H groups in total. The standard InChI is InChI=1S/C22H18N4O4S/c1-4-16-6-5-13(10-23-16)14-7-17(19-12-24-21(27)18(19)8-14)15-9-20(26-31(3,28)29)22(30-2)25-11-15/h1,5-11,26H,12H2,2-3H3,(H,24,27). The summed E-state index contributed by atoms with van der Waals surface area (Å²) < 4.78 is 31.1. The van der Waals surface area contributed by atoms with Gasteiger partial charge in [-0.1, -0.05) is 12.0 Å². The molecular formula is C22H18N4O4S. The summed E-state index contributed by atoms with van der Waals surface area (Å²) in [6.07, 6.45) is 9.66. The summed E-state index contributed by atoms with van der Waals surface area (Å²) in [5.41, 5.74) is 5.02. The van der Waals surface area contributed by atoms with Crippen LogP contribution in [0.3, 0.4) is 0 Å². The molecule has 156 valence electrons. The maximum absolute atomic E-state index is 12.4. The molecule has 4 rings (SSSR count). The van der Waals surface area contributed by atoms with Gasteiger partial charge < -0.3 is 10.1 Å². The number of terminal acetylenes is 1. The van der Waals surface area contributed by atoms with Crippen LogP contribution >= 0.6 is 0 Å². The third kappa shape index (κ3) is 4.06. The maximum Gasteiger partial charge on any atom is 0.251 e. The van der Waals surface area contributed by atoms with E-state index in [-0.39, 0.29) is 17.5 Å². The molecule has 3 aromatic rings. The fraction of sp³-hybridized carbons (Fsp3) is 0.136. The summed E-state index contributed by atoms with van der Waals surface area (Å²) in [4.78, 5) is 20.9. The van der Waals surface area contributed by atoms with E-state index >= 15 is 0 Å². The first-order valence-electron chi connectivity index (χ1n) is 9.19. The van der Waals surface area contributed by atoms with Gasteiger partial charge in [0.1, 0.15) is 11.4 Å². The predicted molar refractivity (Wildman–Crippen MR) is 117 cm³/mol. The number of hydrogen-bond acceptors (Lipinski definition) is 6. The van der Waals surface area contributed by atoms with Crippen LogP contribution in [0.25, 0.3) is 22.3 Å². The van der Waals surface area contributed by atoms with E-state index in [2.05, 4.69) is 25.9 Å². The van der Waals surface area contributed by atoms with Gasteiger partial charge in [0, 0.05) is 35.6 Å². The molecule has 1 amide bonds. The van der Waals surface area contributed by atoms with Crippen LogP contribution < -0.4 is 14.8 Å². The number of hydrogen-bond donors (Lipinski definition) is 2. The molecule has 0 radical (unpaired) electrons. The second-order valence-corrected chi connectivity index (χ2v) is 8.71. The first-order chi connectivity index (χ1) is 14.8. The molecule has 9 heteroatoms. The van der Waals surface area contributed by atoms with Gasteiger partial charge in [-0.25, -0.2) is 18.4 Å². The Morgan fingerprint density at radius 2 is 1.84 bits per heavy atom. The zero-order valence-corrected chi connectivity index (χ0v) is 17.6. The Morgan fingerprint density at radius 1 is 1.10 bits per heavy atom. The summed E-state index contributed by atoms with van der Waals surface area (Å²) in [6, 6.07) is 8.92. The van der Waals surface area contributed by atoms with Crippen molar-refractivity contribution in [3.05, 3.63) is 59.5 Å². The van der Waals surface area contributed by atoms with Crippen LogP contribution in [0, 0.1) is 12.3 Å². The van der Waals surface area contributed by atoms with E-state index < -0.39 is 10.0 Å². The summed E-state index contributed by atoms with van der Waals surface area (Å²) in [7, 11) is -2.14. The molecule has 0 bridgehead atoms. The first-order valence-corrected chi connectivity index (χ1v) is 11.1. The van der Waals surface area contributed by atoms with Crippen molar-refractivity contribution in [1.82, 2.24) is 15.3 Å². The number of fused-ring (bicyclic) bond motifs is 1. The van der Waals surface area contributed by atoms with Crippen molar-refractivity contribution in [2.24, 2.45) is 0 Å². The summed E-state index contributed by atoms with van der Waals surface area (Å²) in [6.45, 7) is 0.360. The number of ether oxygens (including phenoxy) is 1. The zero-order valence-electron chi connectivity index (χ0n) is 16.8. The van der Waals surface area contributed by atoms with Crippen LogP contribution in [0.15, 0.2) is 42.7 Å². The van der Waals surface area contributed by atoms with Crippen LogP contribution in [0.4, 0.5) is 5.69 Å². The minimum Gasteiger partial charge on any atom is -0.480 e. The fourth-order valence-corrected chi connectivity index (χ4v) is 3.98. The molecule has 0 unspecified atom stereocenters. The van der Waals surface area contributed by atoms with E-state index in [4.69, 9.17) is 11.2 Å². The number of benzene rings is 1. The minimum absolute atomic E-state index is 0.144. The lowest BCUT2D eigenvalue weighted by molar-refractivity contribution is 0.0965. The molecule has 0 fully saturated rings. The van der Waals surface area contributed by atoms with E-state index in [0.717, 1.165) is 28.5 Å². The van der Waals surface area contributed by atoms with Gasteiger partial charge in [-0.3, -0.25) is 9.52 Å². The topological polar surface area (TPSA) is 110 Å². The van der Waals surface area contributed by atoms with Gasteiger partial charge >= 0.3 is 0 Å². The normalized spacial score (nSPS) is 12.6. The molecule has 0 atom stereocenters. The van der Waals surface area contributed by atoms with Crippen molar-refractivity contribution >= 4 is 21.6 Å². The highest BCUT2D eigenvalue weighted by Gasteiger charge is 2.25. The number of methoxy groups -OCH3 is 1. The minimum atomic E-state index is -3.55. The Bertz CT molecular complexity index is 1340. The second kappa shape index (κ2) is 7.74. The molecule has 0 saturated heterocycles. The largest absolute Gasteiger partial charge is 0.480 e. The van der Waals surface area contributed by atoms with Crippen LogP contribution in [-0.4, -0.2) is 37.7 Å². The Labute approximate surface area is 179 Å². The van der Waals surface area contributed by atoms with Crippen LogP contribution in [0.1, 0.15) is 21.6 Å². The van der Waals surface area contributed by atoms with Crippen molar-refractivity contribution in [3.8, 4) is 40.5 Å². The molecule has 8 nitrogen and oxygen atoms in total. The highest BCUT2D eigenvalue weighted by molar-refractivity contribution is 7.92. The monoisotopic (exact) mass is 434 g/mol. The van der Waals surface area contributed by atoms with Gasteiger partial charge in [-0.05, 0) is 41.0 Å². The highest BCUT2D eigenvalue weighted by atomic mass is 32.2. The SMILES string of the molecule is C#Cc1ccc(-c2cc3c(c(-c4cnc(OC)c(NS(C)(=O)=O)c4)c2)CNC3=O)cn1. The quantitative estimate of drug-likeness (QED) is 0.597. The van der Waals surface area contributed by atoms with Crippen molar-refractivity contribution in [3.63, 3.8) is 0 Å². The number of sulfonamides is 1. The Morgan fingerprint density at radius 3 is 2.48 bits per heavy atom. The fourth-order valence-electron chi connectivity index (χ4n) is 3.44. The molecule has 3 heterocycles. The number of nitrogens with one attached hydrogen (secondary N) is 2. The van der Waals surface area contributed by atoms with Gasteiger partial charge in [0.2, 0.25) is 15.9 Å². The second-order valence-electron chi connectivity index (χ2n) is 6.96. The summed E-state index contributed by atoms with van der Waals surface area (Å²) in [5, 5.41) is 2.83. The number of anilines is 1. The van der Waals surface area contributed by atoms with E-state index in [0.29, 0.717) is 23.4 Å². The molecule has 0 spiro atoms. The Kier molecular flexibility index (Phi) is 5.09. The zero-order chi connectivity index (χ0) is 22.2. The van der Waals surface area contributed by atoms with E-state index in [1.54, 1.807) is 30.6 Å². The van der Waals surface area contributed by atoms with Gasteiger partial charge in [0.25, 0.3) is 5.91 Å². The Balaban J connectivity index is 1.89. The lowest BCUT2D eigenvalue weighted by Crippen LogP contribution is -2.12. The molecule has 31 heavy (non-hydrogen) atoms. The average molecular weight is 434 g/mol. The smallest absolute Gasteiger partial charge is 0.251 e. The number of rotatable bonds is 5. The number of aromatic nitrogens is 2. The lowest BCUT2D eigenvalue weighted by Gasteiger charge is -2.14. The van der Waals surface area contributed by atoms with Crippen molar-refractivity contribution < 1.29 is 17.9 Å². The van der Waals surface area contributed by atoms with Crippen LogP contribution in [0.2, 0.25) is 0 Å². The van der Waals surface area contributed by atoms with Gasteiger partial charge in [0.15, 0.2) is 0 Å².